The first-order valence-corrected chi connectivity index (χ1v) is 9.95. The van der Waals surface area contributed by atoms with Gasteiger partial charge in [-0.1, -0.05) is 53.7 Å². The molecule has 3 N–H and O–H groups in total. The number of rotatable bonds is 5. The largest absolute Gasteiger partial charge is 0.449 e. The predicted molar refractivity (Wildman–Crippen MR) is 108 cm³/mol. The van der Waals surface area contributed by atoms with Gasteiger partial charge in [0, 0.05) is 18.5 Å². The third kappa shape index (κ3) is 3.27. The molecule has 148 valence electrons. The second kappa shape index (κ2) is 7.33. The smallest absolute Gasteiger partial charge is 0.407 e. The van der Waals surface area contributed by atoms with Crippen LogP contribution in [0.15, 0.2) is 54.7 Å². The summed E-state index contributed by atoms with van der Waals surface area (Å²) in [6.45, 7) is 0.715. The number of ether oxygens (including phenoxy) is 1. The fourth-order valence-electron chi connectivity index (χ4n) is 4.31. The van der Waals surface area contributed by atoms with Crippen molar-refractivity contribution in [3.63, 3.8) is 0 Å². The predicted octanol–water partition coefficient (Wildman–Crippen LogP) is 2.98. The summed E-state index contributed by atoms with van der Waals surface area (Å²) in [4.78, 5) is 12.3. The molecule has 1 heterocycles. The van der Waals surface area contributed by atoms with Gasteiger partial charge in [-0.25, -0.2) is 9.48 Å². The molecule has 2 aromatic carbocycles. The first-order chi connectivity index (χ1) is 14.2. The number of hydrogen-bond acceptors (Lipinski definition) is 5. The summed E-state index contributed by atoms with van der Waals surface area (Å²) < 4.78 is 7.44. The maximum Gasteiger partial charge on any atom is 0.407 e. The van der Waals surface area contributed by atoms with Crippen LogP contribution in [0.5, 0.6) is 0 Å². The van der Waals surface area contributed by atoms with Gasteiger partial charge in [0.25, 0.3) is 0 Å². The highest BCUT2D eigenvalue weighted by Crippen LogP contribution is 2.44. The van der Waals surface area contributed by atoms with Crippen LogP contribution in [0.2, 0.25) is 0 Å². The molecule has 7 nitrogen and oxygen atoms in total. The van der Waals surface area contributed by atoms with E-state index in [1.54, 1.807) is 0 Å². The Balaban J connectivity index is 1.17. The Morgan fingerprint density at radius 3 is 2.38 bits per heavy atom. The van der Waals surface area contributed by atoms with Crippen LogP contribution in [0.25, 0.3) is 11.1 Å². The summed E-state index contributed by atoms with van der Waals surface area (Å²) in [5.41, 5.74) is 11.2. The van der Waals surface area contributed by atoms with Crippen LogP contribution >= 0.6 is 0 Å². The Morgan fingerprint density at radius 1 is 1.10 bits per heavy atom. The van der Waals surface area contributed by atoms with Crippen molar-refractivity contribution in [2.45, 2.75) is 37.4 Å². The first-order valence-electron chi connectivity index (χ1n) is 9.95. The molecular formula is C22H23N5O2. The molecule has 3 aromatic rings. The van der Waals surface area contributed by atoms with Gasteiger partial charge in [-0.3, -0.25) is 0 Å². The standard InChI is InChI=1S/C22H23N5O2/c23-11-15-12-27(26-25-15)16-9-14(10-16)24-22(28)29-13-21-19-7-3-1-5-17(19)18-6-2-4-8-20(18)21/h1-8,12,14,16,21H,9-11,13,23H2,(H,24,28). The van der Waals surface area contributed by atoms with Gasteiger partial charge in [0.2, 0.25) is 0 Å². The fraction of sp³-hybridized carbons (Fsp3) is 0.318. The molecule has 0 aliphatic heterocycles. The number of fused-ring (bicyclic) bond motifs is 3. The van der Waals surface area contributed by atoms with Crippen molar-refractivity contribution in [3.8, 4) is 11.1 Å². The van der Waals surface area contributed by atoms with E-state index in [0.29, 0.717) is 13.2 Å². The lowest BCUT2D eigenvalue weighted by atomic mass is 9.87. The van der Waals surface area contributed by atoms with Crippen molar-refractivity contribution in [3.05, 3.63) is 71.5 Å². The zero-order valence-electron chi connectivity index (χ0n) is 16.0. The van der Waals surface area contributed by atoms with Gasteiger partial charge in [0.1, 0.15) is 6.61 Å². The van der Waals surface area contributed by atoms with E-state index in [9.17, 15) is 4.79 Å². The average molecular weight is 389 g/mol. The number of hydrogen-bond donors (Lipinski definition) is 2. The van der Waals surface area contributed by atoms with Crippen LogP contribution in [-0.4, -0.2) is 33.7 Å². The lowest BCUT2D eigenvalue weighted by Crippen LogP contribution is -2.45. The van der Waals surface area contributed by atoms with Crippen molar-refractivity contribution in [2.75, 3.05) is 6.61 Å². The third-order valence-electron chi connectivity index (χ3n) is 5.92. The molecule has 2 aliphatic rings. The molecule has 29 heavy (non-hydrogen) atoms. The SMILES string of the molecule is NCc1cn(C2CC(NC(=O)OCC3c4ccccc4-c4ccccc43)C2)nn1. The molecule has 0 saturated heterocycles. The molecule has 5 rings (SSSR count). The van der Waals surface area contributed by atoms with E-state index in [4.69, 9.17) is 10.5 Å². The van der Waals surface area contributed by atoms with Crippen LogP contribution in [-0.2, 0) is 11.3 Å². The molecule has 0 spiro atoms. The molecule has 0 atom stereocenters. The summed E-state index contributed by atoms with van der Waals surface area (Å²) in [7, 11) is 0. The van der Waals surface area contributed by atoms with Gasteiger partial charge >= 0.3 is 6.09 Å². The van der Waals surface area contributed by atoms with E-state index in [-0.39, 0.29) is 24.1 Å². The molecule has 7 heteroatoms. The Kier molecular flexibility index (Phi) is 4.52. The number of benzene rings is 2. The summed E-state index contributed by atoms with van der Waals surface area (Å²) in [5.74, 6) is 0.0760. The highest BCUT2D eigenvalue weighted by Gasteiger charge is 2.34. The maximum absolute atomic E-state index is 12.3. The highest BCUT2D eigenvalue weighted by atomic mass is 16.5. The van der Waals surface area contributed by atoms with E-state index >= 15 is 0 Å². The molecule has 1 amide bonds. The summed E-state index contributed by atoms with van der Waals surface area (Å²) >= 11 is 0. The number of nitrogens with one attached hydrogen (secondary N) is 1. The number of carbonyl (C=O) groups excluding carboxylic acids is 1. The molecule has 1 saturated carbocycles. The molecule has 0 bridgehead atoms. The number of carbonyl (C=O) groups is 1. The second-order valence-electron chi connectivity index (χ2n) is 7.69. The van der Waals surface area contributed by atoms with Crippen LogP contribution in [0.3, 0.4) is 0 Å². The maximum atomic E-state index is 12.3. The van der Waals surface area contributed by atoms with E-state index < -0.39 is 0 Å². The minimum Gasteiger partial charge on any atom is -0.449 e. The molecule has 1 fully saturated rings. The van der Waals surface area contributed by atoms with E-state index in [0.717, 1.165) is 18.5 Å². The minimum absolute atomic E-state index is 0.0760. The van der Waals surface area contributed by atoms with Crippen molar-refractivity contribution >= 4 is 6.09 Å². The Labute approximate surface area is 168 Å². The highest BCUT2D eigenvalue weighted by molar-refractivity contribution is 5.79. The van der Waals surface area contributed by atoms with Gasteiger partial charge in [0.05, 0.1) is 17.9 Å². The summed E-state index contributed by atoms with van der Waals surface area (Å²) in [5, 5.41) is 11.1. The van der Waals surface area contributed by atoms with Crippen molar-refractivity contribution < 1.29 is 9.53 Å². The monoisotopic (exact) mass is 389 g/mol. The Hall–Kier alpha value is -3.19. The lowest BCUT2D eigenvalue weighted by Gasteiger charge is -2.35. The number of nitrogens with two attached hydrogens (primary N) is 1. The lowest BCUT2D eigenvalue weighted by molar-refractivity contribution is 0.124. The van der Waals surface area contributed by atoms with Crippen LogP contribution < -0.4 is 11.1 Å². The second-order valence-corrected chi connectivity index (χ2v) is 7.69. The number of amides is 1. The van der Waals surface area contributed by atoms with Gasteiger partial charge in [-0.2, -0.15) is 0 Å². The molecule has 2 aliphatic carbocycles. The van der Waals surface area contributed by atoms with Crippen molar-refractivity contribution in [1.29, 1.82) is 0 Å². The van der Waals surface area contributed by atoms with Crippen LogP contribution in [0.4, 0.5) is 4.79 Å². The summed E-state index contributed by atoms with van der Waals surface area (Å²) in [6.07, 6.45) is 3.14. The topological polar surface area (TPSA) is 95.1 Å². The van der Waals surface area contributed by atoms with Gasteiger partial charge in [-0.05, 0) is 35.1 Å². The van der Waals surface area contributed by atoms with E-state index in [1.165, 1.54) is 22.3 Å². The first kappa shape index (κ1) is 17.9. The van der Waals surface area contributed by atoms with Crippen LogP contribution in [0, 0.1) is 0 Å². The van der Waals surface area contributed by atoms with Crippen LogP contribution in [0.1, 0.15) is 41.6 Å². The van der Waals surface area contributed by atoms with E-state index in [1.807, 2.05) is 35.1 Å². The van der Waals surface area contributed by atoms with Crippen molar-refractivity contribution in [1.82, 2.24) is 20.3 Å². The summed E-state index contributed by atoms with van der Waals surface area (Å²) in [6, 6.07) is 17.0. The Morgan fingerprint density at radius 2 is 1.76 bits per heavy atom. The molecule has 0 radical (unpaired) electrons. The van der Waals surface area contributed by atoms with Crippen molar-refractivity contribution in [2.24, 2.45) is 5.73 Å². The Bertz CT molecular complexity index is 995. The zero-order valence-corrected chi connectivity index (χ0v) is 16.0. The number of alkyl carbamates (subject to hydrolysis) is 1. The zero-order chi connectivity index (χ0) is 19.8. The fourth-order valence-corrected chi connectivity index (χ4v) is 4.31. The minimum atomic E-state index is -0.364. The molecule has 0 unspecified atom stereocenters. The average Bonchev–Trinajstić information content (AvgIpc) is 3.31. The number of nitrogens with zero attached hydrogens (tertiary/aromatic N) is 3. The quantitative estimate of drug-likeness (QED) is 0.699. The molecule has 1 aromatic heterocycles. The normalized spacial score (nSPS) is 19.9. The van der Waals surface area contributed by atoms with Gasteiger partial charge in [-0.15, -0.1) is 5.10 Å². The van der Waals surface area contributed by atoms with Gasteiger partial charge < -0.3 is 15.8 Å². The third-order valence-corrected chi connectivity index (χ3v) is 5.92. The van der Waals surface area contributed by atoms with Gasteiger partial charge in [0.15, 0.2) is 0 Å². The molecular weight excluding hydrogens is 366 g/mol. The number of aromatic nitrogens is 3. The van der Waals surface area contributed by atoms with E-state index in [2.05, 4.69) is 39.9 Å².